The Morgan fingerprint density at radius 2 is 2.00 bits per heavy atom. The smallest absolute Gasteiger partial charge is 0.222 e. The highest BCUT2D eigenvalue weighted by Crippen LogP contribution is 2.35. The fourth-order valence-electron chi connectivity index (χ4n) is 4.22. The van der Waals surface area contributed by atoms with Crippen LogP contribution < -0.4 is 21.1 Å². The summed E-state index contributed by atoms with van der Waals surface area (Å²) in [5.41, 5.74) is 16.6. The predicted octanol–water partition coefficient (Wildman–Crippen LogP) is 4.11. The summed E-state index contributed by atoms with van der Waals surface area (Å²) in [6, 6.07) is 5.29. The van der Waals surface area contributed by atoms with Crippen molar-refractivity contribution in [1.82, 2.24) is 19.9 Å². The van der Waals surface area contributed by atoms with E-state index >= 15 is 4.39 Å². The maximum absolute atomic E-state index is 15.1. The lowest BCUT2D eigenvalue weighted by Gasteiger charge is -2.25. The van der Waals surface area contributed by atoms with Gasteiger partial charge >= 0.3 is 0 Å². The first-order chi connectivity index (χ1) is 15.9. The van der Waals surface area contributed by atoms with Gasteiger partial charge in [-0.15, -0.1) is 0 Å². The normalized spacial score (nSPS) is 13.6. The van der Waals surface area contributed by atoms with Crippen LogP contribution in [0.4, 0.5) is 21.3 Å². The summed E-state index contributed by atoms with van der Waals surface area (Å²) in [5, 5.41) is 0.453. The quantitative estimate of drug-likeness (QED) is 0.463. The predicted molar refractivity (Wildman–Crippen MR) is 129 cm³/mol. The summed E-state index contributed by atoms with van der Waals surface area (Å²) in [4.78, 5) is 20.5. The van der Waals surface area contributed by atoms with Crippen LogP contribution >= 0.6 is 11.3 Å². The van der Waals surface area contributed by atoms with Gasteiger partial charge in [-0.05, 0) is 37.1 Å². The number of anilines is 3. The van der Waals surface area contributed by atoms with Crippen molar-refractivity contribution in [2.24, 2.45) is 0 Å². The van der Waals surface area contributed by atoms with Crippen LogP contribution in [0.2, 0.25) is 0 Å². The van der Waals surface area contributed by atoms with Gasteiger partial charge in [0.1, 0.15) is 22.8 Å². The van der Waals surface area contributed by atoms with Crippen molar-refractivity contribution in [1.29, 1.82) is 0 Å². The number of pyridine rings is 1. The zero-order valence-electron chi connectivity index (χ0n) is 18.4. The van der Waals surface area contributed by atoms with E-state index in [4.69, 9.17) is 16.2 Å². The molecule has 33 heavy (non-hydrogen) atoms. The lowest BCUT2D eigenvalue weighted by molar-refractivity contribution is 0.314. The van der Waals surface area contributed by atoms with E-state index in [1.807, 2.05) is 19.1 Å². The third-order valence-electron chi connectivity index (χ3n) is 5.70. The van der Waals surface area contributed by atoms with E-state index in [1.165, 1.54) is 17.4 Å². The van der Waals surface area contributed by atoms with Crippen LogP contribution in [0.15, 0.2) is 24.4 Å². The van der Waals surface area contributed by atoms with Gasteiger partial charge in [-0.1, -0.05) is 24.7 Å². The second-order valence-corrected chi connectivity index (χ2v) is 9.05. The molecule has 0 atom stereocenters. The monoisotopic (exact) mass is 465 g/mol. The molecule has 4 heterocycles. The molecule has 0 amide bonds. The molecule has 5 rings (SSSR count). The van der Waals surface area contributed by atoms with E-state index in [1.54, 1.807) is 6.20 Å². The van der Waals surface area contributed by atoms with Crippen LogP contribution in [0.3, 0.4) is 0 Å². The standard InChI is InChI=1S/C23H24FN7OS/c1-3-4-16-12(2)28-22(25)30-20(16)31-5-6-32-19-15(11-31)7-13(8-17(19)24)14-9-18-21(27-10-14)33-23(26)29-18/h7-10H,3-6,11H2,1-2H3,(H2,26,29)(H2,25,28,30). The molecule has 0 saturated carbocycles. The lowest BCUT2D eigenvalue weighted by atomic mass is 10.0. The zero-order valence-corrected chi connectivity index (χ0v) is 19.2. The Morgan fingerprint density at radius 1 is 1.15 bits per heavy atom. The Labute approximate surface area is 194 Å². The Bertz CT molecular complexity index is 1360. The van der Waals surface area contributed by atoms with Crippen molar-refractivity contribution < 1.29 is 9.13 Å². The fraction of sp³-hybridized carbons (Fsp3) is 0.304. The number of benzene rings is 1. The minimum atomic E-state index is -0.408. The van der Waals surface area contributed by atoms with Crippen molar-refractivity contribution in [3.8, 4) is 16.9 Å². The second-order valence-electron chi connectivity index (χ2n) is 8.04. The fourth-order valence-corrected chi connectivity index (χ4v) is 4.88. The van der Waals surface area contributed by atoms with Gasteiger partial charge in [0.05, 0.1) is 6.54 Å². The number of rotatable bonds is 4. The van der Waals surface area contributed by atoms with Crippen molar-refractivity contribution >= 4 is 38.6 Å². The molecule has 4 aromatic rings. The number of nitrogen functional groups attached to an aromatic ring is 2. The third kappa shape index (κ3) is 4.02. The van der Waals surface area contributed by atoms with E-state index in [-0.39, 0.29) is 11.7 Å². The number of ether oxygens (including phenoxy) is 1. The van der Waals surface area contributed by atoms with Crippen LogP contribution in [0, 0.1) is 12.7 Å². The number of hydrogen-bond acceptors (Lipinski definition) is 9. The van der Waals surface area contributed by atoms with Crippen LogP contribution in [-0.2, 0) is 13.0 Å². The number of nitrogens with two attached hydrogens (primary N) is 2. The molecule has 0 saturated heterocycles. The van der Waals surface area contributed by atoms with Gasteiger partial charge in [-0.2, -0.15) is 4.98 Å². The molecule has 3 aromatic heterocycles. The number of aryl methyl sites for hydroxylation is 1. The van der Waals surface area contributed by atoms with E-state index < -0.39 is 5.82 Å². The molecule has 1 aliphatic heterocycles. The average molecular weight is 466 g/mol. The summed E-state index contributed by atoms with van der Waals surface area (Å²) < 4.78 is 21.0. The molecule has 1 aliphatic rings. The maximum atomic E-state index is 15.1. The average Bonchev–Trinajstić information content (AvgIpc) is 3.01. The molecule has 0 bridgehead atoms. The molecule has 0 aliphatic carbocycles. The number of nitrogens with zero attached hydrogens (tertiary/aromatic N) is 5. The third-order valence-corrected chi connectivity index (χ3v) is 6.50. The molecule has 0 spiro atoms. The van der Waals surface area contributed by atoms with E-state index in [2.05, 4.69) is 31.8 Å². The maximum Gasteiger partial charge on any atom is 0.222 e. The molecule has 0 fully saturated rings. The first kappa shape index (κ1) is 21.3. The first-order valence-electron chi connectivity index (χ1n) is 10.8. The SMILES string of the molecule is CCCc1c(C)nc(N)nc1N1CCOc2c(F)cc(-c3cnc4sc(N)nc4c3)cc2C1. The van der Waals surface area contributed by atoms with Gasteiger partial charge < -0.3 is 21.1 Å². The Hall–Kier alpha value is -3.53. The van der Waals surface area contributed by atoms with Crippen LogP contribution in [0.1, 0.15) is 30.2 Å². The lowest BCUT2D eigenvalue weighted by Crippen LogP contribution is -2.28. The molecular weight excluding hydrogens is 441 g/mol. The number of halogens is 1. The van der Waals surface area contributed by atoms with Gasteiger partial charge in [-0.25, -0.2) is 19.3 Å². The first-order valence-corrected chi connectivity index (χ1v) is 11.6. The van der Waals surface area contributed by atoms with E-state index in [0.29, 0.717) is 35.9 Å². The highest BCUT2D eigenvalue weighted by Gasteiger charge is 2.24. The summed E-state index contributed by atoms with van der Waals surface area (Å²) in [5.74, 6) is 0.873. The minimum absolute atomic E-state index is 0.231. The Balaban J connectivity index is 1.56. The summed E-state index contributed by atoms with van der Waals surface area (Å²) >= 11 is 1.32. The van der Waals surface area contributed by atoms with E-state index in [9.17, 15) is 0 Å². The highest BCUT2D eigenvalue weighted by atomic mass is 32.1. The van der Waals surface area contributed by atoms with E-state index in [0.717, 1.165) is 45.9 Å². The van der Waals surface area contributed by atoms with Gasteiger partial charge in [0.15, 0.2) is 16.7 Å². The minimum Gasteiger partial charge on any atom is -0.488 e. The second kappa shape index (κ2) is 8.43. The molecule has 4 N–H and O–H groups in total. The summed E-state index contributed by atoms with van der Waals surface area (Å²) in [6.07, 6.45) is 3.50. The molecule has 170 valence electrons. The number of aromatic nitrogens is 4. The summed E-state index contributed by atoms with van der Waals surface area (Å²) in [7, 11) is 0. The van der Waals surface area contributed by atoms with Crippen LogP contribution in [-0.4, -0.2) is 33.1 Å². The largest absolute Gasteiger partial charge is 0.488 e. The Morgan fingerprint density at radius 3 is 2.82 bits per heavy atom. The number of fused-ring (bicyclic) bond motifs is 2. The topological polar surface area (TPSA) is 116 Å². The van der Waals surface area contributed by atoms with Crippen LogP contribution in [0.25, 0.3) is 21.5 Å². The van der Waals surface area contributed by atoms with Gasteiger partial charge in [0, 0.05) is 35.1 Å². The van der Waals surface area contributed by atoms with Crippen molar-refractivity contribution in [2.45, 2.75) is 33.2 Å². The molecule has 10 heteroatoms. The molecule has 1 aromatic carbocycles. The summed E-state index contributed by atoms with van der Waals surface area (Å²) in [6.45, 7) is 5.39. The van der Waals surface area contributed by atoms with Crippen molar-refractivity contribution in [3.05, 3.63) is 47.0 Å². The Kier molecular flexibility index (Phi) is 5.45. The number of hydrogen-bond donors (Lipinski definition) is 2. The van der Waals surface area contributed by atoms with Gasteiger partial charge in [-0.3, -0.25) is 0 Å². The zero-order chi connectivity index (χ0) is 23.1. The highest BCUT2D eigenvalue weighted by molar-refractivity contribution is 7.21. The van der Waals surface area contributed by atoms with Crippen molar-refractivity contribution in [3.63, 3.8) is 0 Å². The number of thiazole rings is 1. The van der Waals surface area contributed by atoms with Crippen molar-refractivity contribution in [2.75, 3.05) is 29.5 Å². The molecule has 0 unspecified atom stereocenters. The molecular formula is C23H24FN7OS. The molecule has 0 radical (unpaired) electrons. The molecule has 8 nitrogen and oxygen atoms in total. The van der Waals surface area contributed by atoms with Gasteiger partial charge in [0.25, 0.3) is 0 Å². The van der Waals surface area contributed by atoms with Gasteiger partial charge in [0.2, 0.25) is 5.95 Å². The van der Waals surface area contributed by atoms with Crippen LogP contribution in [0.5, 0.6) is 5.75 Å².